The number of nitriles is 1. The normalized spacial score (nSPS) is 20.0. The van der Waals surface area contributed by atoms with Gasteiger partial charge >= 0.3 is 0 Å². The number of primary amides is 1. The molecule has 1 atom stereocenters. The summed E-state index contributed by atoms with van der Waals surface area (Å²) in [5.41, 5.74) is 2.81. The van der Waals surface area contributed by atoms with Crippen LogP contribution in [-0.4, -0.2) is 30.0 Å². The van der Waals surface area contributed by atoms with Crippen LogP contribution in [0.5, 0.6) is 0 Å². The van der Waals surface area contributed by atoms with Crippen LogP contribution in [0.2, 0.25) is 0 Å². The van der Waals surface area contributed by atoms with E-state index in [0.29, 0.717) is 12.0 Å². The van der Waals surface area contributed by atoms with Crippen LogP contribution in [0.25, 0.3) is 0 Å². The number of amides is 1. The van der Waals surface area contributed by atoms with Gasteiger partial charge in [0.1, 0.15) is 18.6 Å². The number of aryl methyl sites for hydroxylation is 1. The molecular weight excluding hydrogens is 324 g/mol. The number of non-ortho nitro benzene ring substituents is 1. The third-order valence-corrected chi connectivity index (χ3v) is 4.26. The Morgan fingerprint density at radius 1 is 1.54 bits per heavy atom. The lowest BCUT2D eigenvalue weighted by Crippen LogP contribution is -2.58. The zero-order chi connectivity index (χ0) is 18.0. The van der Waals surface area contributed by atoms with Crippen LogP contribution in [-0.2, 0) is 21.4 Å². The number of hydrogen-bond acceptors (Lipinski definition) is 5. The molecule has 0 saturated heterocycles. The number of benzene rings is 1. The fraction of sp³-hybridized carbons (Fsp3) is 0.467. The molecule has 7 nitrogen and oxygen atoms in total. The first kappa shape index (κ1) is 17.7. The number of hydrogen-bond donors (Lipinski definition) is 1. The Morgan fingerprint density at radius 3 is 2.83 bits per heavy atom. The van der Waals surface area contributed by atoms with Crippen molar-refractivity contribution in [2.45, 2.75) is 30.6 Å². The number of nitrogens with two attached hydrogens (primary N) is 1. The van der Waals surface area contributed by atoms with Gasteiger partial charge < -0.3 is 10.5 Å². The first-order valence-corrected chi connectivity index (χ1v) is 7.16. The van der Waals surface area contributed by atoms with Crippen LogP contribution in [0.3, 0.4) is 0 Å². The van der Waals surface area contributed by atoms with Crippen molar-refractivity contribution >= 4 is 11.6 Å². The lowest BCUT2D eigenvalue weighted by Gasteiger charge is -2.41. The highest BCUT2D eigenvalue weighted by Crippen LogP contribution is 2.48. The molecule has 0 fully saturated rings. The zero-order valence-corrected chi connectivity index (χ0v) is 12.6. The summed E-state index contributed by atoms with van der Waals surface area (Å²) in [6, 6.07) is 5.13. The molecule has 24 heavy (non-hydrogen) atoms. The second kappa shape index (κ2) is 6.49. The standard InChI is InChI=1S/C15H15F2N3O4/c16-15(17,9-24-7-6-18)14(13(19)21)5-1-2-10-3-4-11(20(22)23)8-12(10)14/h3-4,8H,1-2,5,7,9H2,(H2,19,21)/t14-/m1/s1. The van der Waals surface area contributed by atoms with E-state index in [1.807, 2.05) is 0 Å². The van der Waals surface area contributed by atoms with E-state index in [9.17, 15) is 23.7 Å². The summed E-state index contributed by atoms with van der Waals surface area (Å²) in [6.07, 6.45) is 0.443. The highest BCUT2D eigenvalue weighted by atomic mass is 19.3. The number of carbonyl (C=O) groups is 1. The molecule has 0 spiro atoms. The third kappa shape index (κ3) is 2.80. The molecule has 2 N–H and O–H groups in total. The van der Waals surface area contributed by atoms with Crippen molar-refractivity contribution < 1.29 is 23.2 Å². The van der Waals surface area contributed by atoms with E-state index in [4.69, 9.17) is 11.0 Å². The van der Waals surface area contributed by atoms with Crippen LogP contribution < -0.4 is 5.73 Å². The van der Waals surface area contributed by atoms with E-state index in [1.165, 1.54) is 12.1 Å². The highest BCUT2D eigenvalue weighted by molar-refractivity contribution is 5.89. The molecule has 1 amide bonds. The molecule has 0 bridgehead atoms. The summed E-state index contributed by atoms with van der Waals surface area (Å²) >= 11 is 0. The van der Waals surface area contributed by atoms with Gasteiger partial charge in [-0.25, -0.2) is 8.78 Å². The van der Waals surface area contributed by atoms with Gasteiger partial charge in [0.05, 0.1) is 11.0 Å². The molecular formula is C15H15F2N3O4. The summed E-state index contributed by atoms with van der Waals surface area (Å²) in [5.74, 6) is -4.98. The lowest BCUT2D eigenvalue weighted by molar-refractivity contribution is -0.385. The fourth-order valence-corrected chi connectivity index (χ4v) is 3.14. The highest BCUT2D eigenvalue weighted by Gasteiger charge is 2.60. The average molecular weight is 339 g/mol. The van der Waals surface area contributed by atoms with Crippen LogP contribution in [0.15, 0.2) is 18.2 Å². The van der Waals surface area contributed by atoms with Gasteiger partial charge in [0, 0.05) is 12.1 Å². The number of nitrogens with zero attached hydrogens (tertiary/aromatic N) is 2. The molecule has 1 aliphatic rings. The second-order valence-corrected chi connectivity index (χ2v) is 5.58. The predicted octanol–water partition coefficient (Wildman–Crippen LogP) is 1.83. The van der Waals surface area contributed by atoms with Crippen LogP contribution in [0.1, 0.15) is 24.0 Å². The summed E-state index contributed by atoms with van der Waals surface area (Å²) < 4.78 is 34.3. The minimum absolute atomic E-state index is 0.138. The van der Waals surface area contributed by atoms with E-state index in [-0.39, 0.29) is 18.4 Å². The van der Waals surface area contributed by atoms with Crippen molar-refractivity contribution in [1.82, 2.24) is 0 Å². The van der Waals surface area contributed by atoms with Gasteiger partial charge in [0.15, 0.2) is 0 Å². The van der Waals surface area contributed by atoms with Crippen molar-refractivity contribution in [1.29, 1.82) is 5.26 Å². The van der Waals surface area contributed by atoms with Gasteiger partial charge in [-0.05, 0) is 30.4 Å². The number of carbonyl (C=O) groups excluding carboxylic acids is 1. The third-order valence-electron chi connectivity index (χ3n) is 4.26. The molecule has 0 saturated carbocycles. The molecule has 0 aliphatic heterocycles. The smallest absolute Gasteiger partial charge is 0.289 e. The number of alkyl halides is 2. The van der Waals surface area contributed by atoms with E-state index in [1.54, 1.807) is 6.07 Å². The Kier molecular flexibility index (Phi) is 4.80. The molecule has 2 rings (SSSR count). The van der Waals surface area contributed by atoms with Crippen molar-refractivity contribution in [2.75, 3.05) is 13.2 Å². The van der Waals surface area contributed by atoms with E-state index < -0.39 is 41.1 Å². The monoisotopic (exact) mass is 339 g/mol. The first-order chi connectivity index (χ1) is 11.3. The minimum atomic E-state index is -3.71. The molecule has 1 aromatic rings. The number of nitro groups is 1. The van der Waals surface area contributed by atoms with Crippen molar-refractivity contribution in [3.05, 3.63) is 39.4 Å². The molecule has 0 unspecified atom stereocenters. The maximum absolute atomic E-state index is 14.8. The Labute approximate surface area is 136 Å². The molecule has 1 aliphatic carbocycles. The molecule has 128 valence electrons. The summed E-state index contributed by atoms with van der Waals surface area (Å²) in [7, 11) is 0. The number of halogens is 2. The maximum Gasteiger partial charge on any atom is 0.289 e. The Bertz CT molecular complexity index is 717. The molecule has 1 aromatic carbocycles. The fourth-order valence-electron chi connectivity index (χ4n) is 3.14. The van der Waals surface area contributed by atoms with E-state index >= 15 is 0 Å². The first-order valence-electron chi connectivity index (χ1n) is 7.16. The van der Waals surface area contributed by atoms with Gasteiger partial charge in [-0.3, -0.25) is 14.9 Å². The van der Waals surface area contributed by atoms with Crippen LogP contribution in [0.4, 0.5) is 14.5 Å². The number of nitro benzene ring substituents is 1. The number of ether oxygens (including phenoxy) is 1. The Hall–Kier alpha value is -2.60. The molecule has 9 heteroatoms. The van der Waals surface area contributed by atoms with Gasteiger partial charge in [0.2, 0.25) is 5.91 Å². The largest absolute Gasteiger partial charge is 0.369 e. The van der Waals surface area contributed by atoms with Gasteiger partial charge in [-0.15, -0.1) is 0 Å². The molecule has 0 radical (unpaired) electrons. The average Bonchev–Trinajstić information content (AvgIpc) is 2.53. The summed E-state index contributed by atoms with van der Waals surface area (Å²) in [6.45, 7) is -1.74. The van der Waals surface area contributed by atoms with Gasteiger partial charge in [-0.1, -0.05) is 6.07 Å². The number of fused-ring (bicyclic) bond motifs is 1. The Morgan fingerprint density at radius 2 is 2.25 bits per heavy atom. The van der Waals surface area contributed by atoms with Gasteiger partial charge in [0.25, 0.3) is 11.6 Å². The van der Waals surface area contributed by atoms with E-state index in [0.717, 1.165) is 6.07 Å². The maximum atomic E-state index is 14.8. The van der Waals surface area contributed by atoms with Gasteiger partial charge in [-0.2, -0.15) is 5.26 Å². The van der Waals surface area contributed by atoms with E-state index in [2.05, 4.69) is 4.74 Å². The summed E-state index contributed by atoms with van der Waals surface area (Å²) in [4.78, 5) is 22.3. The van der Waals surface area contributed by atoms with Crippen molar-refractivity contribution in [2.24, 2.45) is 5.73 Å². The lowest BCUT2D eigenvalue weighted by atomic mass is 9.65. The van der Waals surface area contributed by atoms with Crippen LogP contribution in [0, 0.1) is 21.4 Å². The quantitative estimate of drug-likeness (QED) is 0.482. The SMILES string of the molecule is N#CCOCC(F)(F)[C@]1(C(N)=O)CCCc2ccc([N+](=O)[O-])cc21. The molecule has 0 aromatic heterocycles. The minimum Gasteiger partial charge on any atom is -0.369 e. The Balaban J connectivity index is 2.60. The van der Waals surface area contributed by atoms with Crippen LogP contribution >= 0.6 is 0 Å². The zero-order valence-electron chi connectivity index (χ0n) is 12.6. The summed E-state index contributed by atoms with van der Waals surface area (Å²) in [5, 5.41) is 19.4. The van der Waals surface area contributed by atoms with Crippen molar-refractivity contribution in [3.63, 3.8) is 0 Å². The molecule has 0 heterocycles. The second-order valence-electron chi connectivity index (χ2n) is 5.58. The number of rotatable bonds is 6. The topological polar surface area (TPSA) is 119 Å². The van der Waals surface area contributed by atoms with Crippen molar-refractivity contribution in [3.8, 4) is 6.07 Å². The predicted molar refractivity (Wildman–Crippen MR) is 78.3 cm³/mol.